The molecule has 24 heavy (non-hydrogen) atoms. The molecular formula is C20H22N2OS. The molecule has 0 spiro atoms. The number of ether oxygens (including phenoxy) is 1. The van der Waals surface area contributed by atoms with Crippen molar-refractivity contribution in [3.63, 3.8) is 0 Å². The van der Waals surface area contributed by atoms with Gasteiger partial charge in [0.15, 0.2) is 5.13 Å². The van der Waals surface area contributed by atoms with Crippen LogP contribution in [0.25, 0.3) is 11.3 Å². The Balaban J connectivity index is 1.78. The van der Waals surface area contributed by atoms with Gasteiger partial charge in [0.1, 0.15) is 5.75 Å². The van der Waals surface area contributed by atoms with Gasteiger partial charge in [0.2, 0.25) is 0 Å². The van der Waals surface area contributed by atoms with E-state index < -0.39 is 0 Å². The predicted molar refractivity (Wildman–Crippen MR) is 103 cm³/mol. The molecule has 0 unspecified atom stereocenters. The van der Waals surface area contributed by atoms with Crippen molar-refractivity contribution in [1.29, 1.82) is 0 Å². The molecule has 124 valence electrons. The zero-order valence-corrected chi connectivity index (χ0v) is 15.1. The van der Waals surface area contributed by atoms with E-state index in [1.165, 1.54) is 5.56 Å². The first-order valence-corrected chi connectivity index (χ1v) is 9.10. The first-order chi connectivity index (χ1) is 11.7. The Labute approximate surface area is 147 Å². The number of thiazole rings is 1. The maximum absolute atomic E-state index is 5.65. The molecule has 0 aliphatic carbocycles. The highest BCUT2D eigenvalue weighted by Gasteiger charge is 2.08. The lowest BCUT2D eigenvalue weighted by molar-refractivity contribution is 0.342. The highest BCUT2D eigenvalue weighted by Crippen LogP contribution is 2.31. The van der Waals surface area contributed by atoms with E-state index in [0.29, 0.717) is 12.5 Å². The first-order valence-electron chi connectivity index (χ1n) is 8.22. The van der Waals surface area contributed by atoms with Gasteiger partial charge in [0, 0.05) is 10.9 Å². The minimum absolute atomic E-state index is 0.543. The third-order valence-electron chi connectivity index (χ3n) is 3.81. The van der Waals surface area contributed by atoms with E-state index in [1.54, 1.807) is 11.3 Å². The molecule has 0 bridgehead atoms. The van der Waals surface area contributed by atoms with Crippen LogP contribution in [0, 0.1) is 0 Å². The number of nitrogens with zero attached hydrogens (tertiary/aromatic N) is 1. The van der Waals surface area contributed by atoms with Crippen molar-refractivity contribution in [2.75, 3.05) is 11.9 Å². The Morgan fingerprint density at radius 3 is 2.54 bits per heavy atom. The fourth-order valence-corrected chi connectivity index (χ4v) is 3.20. The largest absolute Gasteiger partial charge is 0.492 e. The summed E-state index contributed by atoms with van der Waals surface area (Å²) in [5.74, 6) is 1.39. The van der Waals surface area contributed by atoms with Gasteiger partial charge in [-0.15, -0.1) is 11.3 Å². The Bertz CT molecular complexity index is 793. The van der Waals surface area contributed by atoms with Crippen molar-refractivity contribution in [1.82, 2.24) is 4.98 Å². The van der Waals surface area contributed by atoms with Gasteiger partial charge in [-0.05, 0) is 30.5 Å². The molecule has 0 aliphatic heterocycles. The predicted octanol–water partition coefficient (Wildman–Crippen LogP) is 6.08. The van der Waals surface area contributed by atoms with Crippen LogP contribution < -0.4 is 10.1 Å². The summed E-state index contributed by atoms with van der Waals surface area (Å²) in [6.07, 6.45) is 0. The Morgan fingerprint density at radius 2 is 1.83 bits per heavy atom. The molecule has 2 aromatic carbocycles. The topological polar surface area (TPSA) is 34.1 Å². The summed E-state index contributed by atoms with van der Waals surface area (Å²) in [7, 11) is 0. The number of benzene rings is 2. The van der Waals surface area contributed by atoms with E-state index in [0.717, 1.165) is 27.8 Å². The second-order valence-electron chi connectivity index (χ2n) is 5.87. The van der Waals surface area contributed by atoms with Crippen LogP contribution in [0.3, 0.4) is 0 Å². The molecule has 0 aliphatic rings. The normalized spacial score (nSPS) is 10.8. The molecule has 0 radical (unpaired) electrons. The van der Waals surface area contributed by atoms with Gasteiger partial charge >= 0.3 is 0 Å². The second-order valence-corrected chi connectivity index (χ2v) is 6.73. The van der Waals surface area contributed by atoms with E-state index in [4.69, 9.17) is 9.72 Å². The second kappa shape index (κ2) is 7.49. The minimum atomic E-state index is 0.543. The summed E-state index contributed by atoms with van der Waals surface area (Å²) in [6, 6.07) is 16.6. The molecule has 0 saturated carbocycles. The van der Waals surface area contributed by atoms with Crippen molar-refractivity contribution in [3.05, 3.63) is 59.5 Å². The van der Waals surface area contributed by atoms with Crippen molar-refractivity contribution in [3.8, 4) is 17.0 Å². The quantitative estimate of drug-likeness (QED) is 0.592. The summed E-state index contributed by atoms with van der Waals surface area (Å²) >= 11 is 1.60. The van der Waals surface area contributed by atoms with E-state index in [2.05, 4.69) is 48.8 Å². The lowest BCUT2D eigenvalue weighted by atomic mass is 10.0. The number of hydrogen-bond donors (Lipinski definition) is 1. The number of aromatic nitrogens is 1. The highest BCUT2D eigenvalue weighted by molar-refractivity contribution is 7.14. The summed E-state index contributed by atoms with van der Waals surface area (Å²) < 4.78 is 5.65. The van der Waals surface area contributed by atoms with E-state index in [-0.39, 0.29) is 0 Å². The number of anilines is 2. The molecular weight excluding hydrogens is 316 g/mol. The van der Waals surface area contributed by atoms with Gasteiger partial charge in [-0.1, -0.05) is 50.2 Å². The van der Waals surface area contributed by atoms with Gasteiger partial charge in [-0.3, -0.25) is 0 Å². The zero-order valence-electron chi connectivity index (χ0n) is 14.2. The SMILES string of the molecule is CCOc1ccccc1Nc1nc(-c2ccc(C(C)C)cc2)cs1. The lowest BCUT2D eigenvalue weighted by Gasteiger charge is -2.10. The molecule has 0 fully saturated rings. The summed E-state index contributed by atoms with van der Waals surface area (Å²) in [5, 5.41) is 6.30. The summed E-state index contributed by atoms with van der Waals surface area (Å²) in [4.78, 5) is 4.70. The van der Waals surface area contributed by atoms with Crippen molar-refractivity contribution >= 4 is 22.2 Å². The Kier molecular flexibility index (Phi) is 5.16. The average molecular weight is 338 g/mol. The van der Waals surface area contributed by atoms with Crippen LogP contribution in [-0.4, -0.2) is 11.6 Å². The van der Waals surface area contributed by atoms with Crippen LogP contribution in [0.4, 0.5) is 10.8 Å². The monoisotopic (exact) mass is 338 g/mol. The third kappa shape index (κ3) is 3.77. The van der Waals surface area contributed by atoms with Crippen LogP contribution in [0.15, 0.2) is 53.9 Å². The summed E-state index contributed by atoms with van der Waals surface area (Å²) in [6.45, 7) is 7.04. The molecule has 0 atom stereocenters. The van der Waals surface area contributed by atoms with Crippen molar-refractivity contribution in [2.45, 2.75) is 26.7 Å². The maximum Gasteiger partial charge on any atom is 0.187 e. The van der Waals surface area contributed by atoms with Crippen LogP contribution in [0.2, 0.25) is 0 Å². The van der Waals surface area contributed by atoms with Gasteiger partial charge in [0.05, 0.1) is 18.0 Å². The standard InChI is InChI=1S/C20H22N2OS/c1-4-23-19-8-6-5-7-17(19)21-20-22-18(13-24-20)16-11-9-15(10-12-16)14(2)3/h5-14H,4H2,1-3H3,(H,21,22). The number of nitrogens with one attached hydrogen (secondary N) is 1. The molecule has 3 aromatic rings. The van der Waals surface area contributed by atoms with Gasteiger partial charge < -0.3 is 10.1 Å². The number of hydrogen-bond acceptors (Lipinski definition) is 4. The van der Waals surface area contributed by atoms with Crippen molar-refractivity contribution in [2.24, 2.45) is 0 Å². The van der Waals surface area contributed by atoms with Gasteiger partial charge in [-0.25, -0.2) is 4.98 Å². The molecule has 1 N–H and O–H groups in total. The highest BCUT2D eigenvalue weighted by atomic mass is 32.1. The number of rotatable bonds is 6. The maximum atomic E-state index is 5.65. The van der Waals surface area contributed by atoms with Crippen LogP contribution in [0.1, 0.15) is 32.3 Å². The van der Waals surface area contributed by atoms with Crippen LogP contribution in [-0.2, 0) is 0 Å². The minimum Gasteiger partial charge on any atom is -0.492 e. The molecule has 1 aromatic heterocycles. The van der Waals surface area contributed by atoms with Crippen molar-refractivity contribution < 1.29 is 4.74 Å². The Morgan fingerprint density at radius 1 is 1.08 bits per heavy atom. The zero-order chi connectivity index (χ0) is 16.9. The molecule has 4 heteroatoms. The molecule has 3 rings (SSSR count). The van der Waals surface area contributed by atoms with E-state index in [9.17, 15) is 0 Å². The van der Waals surface area contributed by atoms with E-state index >= 15 is 0 Å². The molecule has 1 heterocycles. The lowest BCUT2D eigenvalue weighted by Crippen LogP contribution is -1.97. The molecule has 3 nitrogen and oxygen atoms in total. The average Bonchev–Trinajstić information content (AvgIpc) is 3.05. The van der Waals surface area contributed by atoms with Gasteiger partial charge in [-0.2, -0.15) is 0 Å². The third-order valence-corrected chi connectivity index (χ3v) is 4.56. The van der Waals surface area contributed by atoms with Crippen LogP contribution in [0.5, 0.6) is 5.75 Å². The Hall–Kier alpha value is -2.33. The van der Waals surface area contributed by atoms with Gasteiger partial charge in [0.25, 0.3) is 0 Å². The summed E-state index contributed by atoms with van der Waals surface area (Å²) in [5.41, 5.74) is 4.42. The first kappa shape index (κ1) is 16.5. The smallest absolute Gasteiger partial charge is 0.187 e. The fourth-order valence-electron chi connectivity index (χ4n) is 2.47. The van der Waals surface area contributed by atoms with E-state index in [1.807, 2.05) is 31.2 Å². The number of para-hydroxylation sites is 2. The fraction of sp³-hybridized carbons (Fsp3) is 0.250. The van der Waals surface area contributed by atoms with Crippen LogP contribution >= 0.6 is 11.3 Å². The molecule has 0 amide bonds. The molecule has 0 saturated heterocycles.